The van der Waals surface area contributed by atoms with Crippen LogP contribution < -0.4 is 5.48 Å². The summed E-state index contributed by atoms with van der Waals surface area (Å²) in [6.45, 7) is 3.00. The van der Waals surface area contributed by atoms with Crippen LogP contribution in [0.3, 0.4) is 0 Å². The largest absolute Gasteiger partial charge is 0.316 e. The predicted octanol–water partition coefficient (Wildman–Crippen LogP) is -0.0573. The van der Waals surface area contributed by atoms with Crippen molar-refractivity contribution in [1.29, 1.82) is 0 Å². The van der Waals surface area contributed by atoms with Gasteiger partial charge in [-0.05, 0) is 13.8 Å². The topological polar surface area (TPSA) is 49.3 Å². The number of carbonyl (C=O) groups excluding carboxylic acids is 1. The summed E-state index contributed by atoms with van der Waals surface area (Å²) >= 11 is 0. The Hall–Kier alpha value is -0.410. The second-order valence-electron chi connectivity index (χ2n) is 1.46. The third kappa shape index (κ3) is 2.31. The fourth-order valence-electron chi connectivity index (χ4n) is 0.0909. The van der Waals surface area contributed by atoms with Gasteiger partial charge in [0.1, 0.15) is 5.78 Å². The van der Waals surface area contributed by atoms with Crippen molar-refractivity contribution in [3.63, 3.8) is 0 Å². The van der Waals surface area contributed by atoms with Gasteiger partial charge in [-0.25, -0.2) is 0 Å². The summed E-state index contributed by atoms with van der Waals surface area (Å²) in [5.74, 6) is -0.0671. The lowest BCUT2D eigenvalue weighted by atomic mass is 10.3. The van der Waals surface area contributed by atoms with Crippen molar-refractivity contribution >= 4 is 5.78 Å². The molecule has 3 heteroatoms. The molecule has 0 bridgehead atoms. The van der Waals surface area contributed by atoms with Crippen molar-refractivity contribution in [2.75, 3.05) is 0 Å². The Kier molecular flexibility index (Phi) is 2.55. The summed E-state index contributed by atoms with van der Waals surface area (Å²) < 4.78 is 0. The van der Waals surface area contributed by atoms with Gasteiger partial charge in [-0.15, -0.1) is 0 Å². The molecule has 1 atom stereocenters. The maximum absolute atomic E-state index is 10.2. The molecule has 42 valence electrons. The van der Waals surface area contributed by atoms with Gasteiger partial charge in [0.15, 0.2) is 0 Å². The van der Waals surface area contributed by atoms with Crippen LogP contribution in [0.15, 0.2) is 0 Å². The molecule has 0 aromatic carbocycles. The minimum Gasteiger partial charge on any atom is -0.316 e. The van der Waals surface area contributed by atoms with E-state index in [0.29, 0.717) is 0 Å². The van der Waals surface area contributed by atoms with Crippen molar-refractivity contribution < 1.29 is 10.0 Å². The van der Waals surface area contributed by atoms with E-state index in [1.54, 1.807) is 6.92 Å². The van der Waals surface area contributed by atoms with E-state index in [0.717, 1.165) is 0 Å². The Morgan fingerprint density at radius 2 is 2.29 bits per heavy atom. The standard InChI is InChI=1S/C4H9NO2/c1-3(5-7)4(2)6/h3,5,7H,1-2H3/t3-/m1/s1. The highest BCUT2D eigenvalue weighted by atomic mass is 16.5. The van der Waals surface area contributed by atoms with E-state index < -0.39 is 6.04 Å². The quantitative estimate of drug-likeness (QED) is 0.481. The molecule has 0 radical (unpaired) electrons. The first-order valence-electron chi connectivity index (χ1n) is 2.08. The minimum atomic E-state index is -0.431. The van der Waals surface area contributed by atoms with Crippen molar-refractivity contribution in [2.24, 2.45) is 0 Å². The number of rotatable bonds is 2. The zero-order valence-electron chi connectivity index (χ0n) is 4.43. The highest BCUT2D eigenvalue weighted by Crippen LogP contribution is 1.77. The first-order chi connectivity index (χ1) is 3.18. The van der Waals surface area contributed by atoms with Crippen LogP contribution in [0.2, 0.25) is 0 Å². The molecule has 0 saturated heterocycles. The second-order valence-corrected chi connectivity index (χ2v) is 1.46. The van der Waals surface area contributed by atoms with Gasteiger partial charge in [-0.2, -0.15) is 5.48 Å². The number of ketones is 1. The van der Waals surface area contributed by atoms with Gasteiger partial charge < -0.3 is 5.21 Å². The Morgan fingerprint density at radius 1 is 1.86 bits per heavy atom. The number of carbonyl (C=O) groups is 1. The summed E-state index contributed by atoms with van der Waals surface area (Å²) in [6, 6.07) is -0.431. The molecule has 3 nitrogen and oxygen atoms in total. The van der Waals surface area contributed by atoms with Gasteiger partial charge in [-0.3, -0.25) is 4.79 Å². The van der Waals surface area contributed by atoms with Gasteiger partial charge in [0.05, 0.1) is 6.04 Å². The van der Waals surface area contributed by atoms with E-state index in [1.807, 2.05) is 5.48 Å². The maximum Gasteiger partial charge on any atom is 0.148 e. The Morgan fingerprint density at radius 3 is 2.29 bits per heavy atom. The Balaban J connectivity index is 3.34. The second kappa shape index (κ2) is 2.71. The van der Waals surface area contributed by atoms with Crippen LogP contribution in [0.25, 0.3) is 0 Å². The van der Waals surface area contributed by atoms with Gasteiger partial charge in [-0.1, -0.05) is 0 Å². The number of hydrogen-bond acceptors (Lipinski definition) is 3. The van der Waals surface area contributed by atoms with E-state index in [1.165, 1.54) is 6.92 Å². The van der Waals surface area contributed by atoms with Gasteiger partial charge in [0.25, 0.3) is 0 Å². The molecule has 0 unspecified atom stereocenters. The lowest BCUT2D eigenvalue weighted by molar-refractivity contribution is -0.120. The summed E-state index contributed by atoms with van der Waals surface area (Å²) in [6.07, 6.45) is 0. The molecule has 0 aromatic heterocycles. The van der Waals surface area contributed by atoms with Crippen molar-refractivity contribution in [1.82, 2.24) is 5.48 Å². The van der Waals surface area contributed by atoms with E-state index in [2.05, 4.69) is 0 Å². The monoisotopic (exact) mass is 103 g/mol. The van der Waals surface area contributed by atoms with E-state index >= 15 is 0 Å². The average Bonchev–Trinajstić information content (AvgIpc) is 1.65. The molecule has 2 N–H and O–H groups in total. The number of hydroxylamine groups is 1. The molecule has 0 saturated carbocycles. The lowest BCUT2D eigenvalue weighted by Crippen LogP contribution is -2.28. The molecule has 0 fully saturated rings. The molecule has 0 amide bonds. The van der Waals surface area contributed by atoms with E-state index in [9.17, 15) is 4.79 Å². The Bertz CT molecular complexity index is 72.1. The zero-order valence-corrected chi connectivity index (χ0v) is 4.43. The van der Waals surface area contributed by atoms with Crippen LogP contribution in [-0.4, -0.2) is 17.0 Å². The molecule has 0 aliphatic heterocycles. The molecule has 0 spiro atoms. The lowest BCUT2D eigenvalue weighted by Gasteiger charge is -1.99. The third-order valence-electron chi connectivity index (χ3n) is 0.803. The molecule has 0 rings (SSSR count). The highest BCUT2D eigenvalue weighted by Gasteiger charge is 2.01. The maximum atomic E-state index is 10.2. The van der Waals surface area contributed by atoms with Gasteiger partial charge in [0, 0.05) is 0 Å². The van der Waals surface area contributed by atoms with Crippen molar-refractivity contribution in [3.8, 4) is 0 Å². The van der Waals surface area contributed by atoms with Crippen LogP contribution in [0, 0.1) is 0 Å². The molecule has 0 aliphatic carbocycles. The van der Waals surface area contributed by atoms with Gasteiger partial charge >= 0.3 is 0 Å². The number of Topliss-reactive ketones (excluding diaryl/α,β-unsaturated/α-hetero) is 1. The fraction of sp³-hybridized carbons (Fsp3) is 0.750. The molecular formula is C4H9NO2. The van der Waals surface area contributed by atoms with Crippen LogP contribution >= 0.6 is 0 Å². The highest BCUT2D eigenvalue weighted by molar-refractivity contribution is 5.80. The van der Waals surface area contributed by atoms with Crippen molar-refractivity contribution in [3.05, 3.63) is 0 Å². The number of nitrogens with one attached hydrogen (secondary N) is 1. The normalized spacial score (nSPS) is 13.6. The van der Waals surface area contributed by atoms with Gasteiger partial charge in [0.2, 0.25) is 0 Å². The minimum absolute atomic E-state index is 0.0671. The average molecular weight is 103 g/mol. The summed E-state index contributed by atoms with van der Waals surface area (Å²) in [4.78, 5) is 10.2. The molecular weight excluding hydrogens is 94.0 g/mol. The van der Waals surface area contributed by atoms with E-state index in [4.69, 9.17) is 5.21 Å². The first kappa shape index (κ1) is 6.59. The first-order valence-corrected chi connectivity index (χ1v) is 2.08. The van der Waals surface area contributed by atoms with E-state index in [-0.39, 0.29) is 5.78 Å². The van der Waals surface area contributed by atoms with Crippen LogP contribution in [0.4, 0.5) is 0 Å². The molecule has 0 heterocycles. The predicted molar refractivity (Wildman–Crippen MR) is 25.1 cm³/mol. The summed E-state index contributed by atoms with van der Waals surface area (Å²) in [7, 11) is 0. The van der Waals surface area contributed by atoms with Crippen LogP contribution in [0.1, 0.15) is 13.8 Å². The Labute approximate surface area is 42.3 Å². The van der Waals surface area contributed by atoms with Crippen molar-refractivity contribution in [2.45, 2.75) is 19.9 Å². The summed E-state index contributed by atoms with van der Waals surface area (Å²) in [5, 5.41) is 8.03. The zero-order chi connectivity index (χ0) is 5.86. The van der Waals surface area contributed by atoms with Crippen LogP contribution in [0.5, 0.6) is 0 Å². The third-order valence-corrected chi connectivity index (χ3v) is 0.803. The summed E-state index contributed by atoms with van der Waals surface area (Å²) in [5.41, 5.74) is 1.81. The SMILES string of the molecule is CC(=O)[C@@H](C)NO. The smallest absolute Gasteiger partial charge is 0.148 e. The fourth-order valence-corrected chi connectivity index (χ4v) is 0.0909. The molecule has 0 aromatic rings. The number of hydrogen-bond donors (Lipinski definition) is 2. The molecule has 0 aliphatic rings. The molecule has 7 heavy (non-hydrogen) atoms. The van der Waals surface area contributed by atoms with Crippen LogP contribution in [-0.2, 0) is 4.79 Å².